The second-order valence-corrected chi connectivity index (χ2v) is 13.5. The van der Waals surface area contributed by atoms with Gasteiger partial charge >= 0.3 is 0 Å². The van der Waals surface area contributed by atoms with Crippen LogP contribution < -0.4 is 10.4 Å². The van der Waals surface area contributed by atoms with Crippen molar-refractivity contribution in [1.29, 1.82) is 0 Å². The van der Waals surface area contributed by atoms with Crippen LogP contribution in [-0.2, 0) is 23.5 Å². The molecule has 0 aromatic heterocycles. The Balaban J connectivity index is 1.86. The molecule has 0 spiro atoms. The third-order valence-electron chi connectivity index (χ3n) is 6.17. The summed E-state index contributed by atoms with van der Waals surface area (Å²) in [5, 5.41) is 6.48. The molecule has 2 bridgehead atoms. The Hall–Kier alpha value is -2.47. The van der Waals surface area contributed by atoms with E-state index in [1.807, 2.05) is 12.1 Å². The van der Waals surface area contributed by atoms with Gasteiger partial charge in [-0.05, 0) is 15.4 Å². The summed E-state index contributed by atoms with van der Waals surface area (Å²) in [5.74, 6) is 2.51. The molecular formula is C26H31NO5Si. The number of terminal acetylenes is 1. The summed E-state index contributed by atoms with van der Waals surface area (Å²) in [6, 6.07) is 20.9. The van der Waals surface area contributed by atoms with Crippen LogP contribution >= 0.6 is 0 Å². The van der Waals surface area contributed by atoms with Gasteiger partial charge in [0.25, 0.3) is 8.32 Å². The molecule has 2 aromatic rings. The van der Waals surface area contributed by atoms with Crippen molar-refractivity contribution in [3.63, 3.8) is 0 Å². The van der Waals surface area contributed by atoms with E-state index in [1.165, 1.54) is 17.5 Å². The predicted molar refractivity (Wildman–Crippen MR) is 130 cm³/mol. The lowest BCUT2D eigenvalue weighted by molar-refractivity contribution is -0.146. The summed E-state index contributed by atoms with van der Waals surface area (Å²) < 4.78 is 25.3. The van der Waals surface area contributed by atoms with Crippen LogP contribution in [0.4, 0.5) is 0 Å². The zero-order valence-corrected chi connectivity index (χ0v) is 20.6. The fraction of sp³-hybridized carbons (Fsp3) is 0.423. The number of fused-ring (bicyclic) bond motifs is 2. The smallest absolute Gasteiger partial charge is 0.262 e. The Bertz CT molecular complexity index is 959. The molecule has 2 aliphatic heterocycles. The summed E-state index contributed by atoms with van der Waals surface area (Å²) in [4.78, 5) is 5.24. The fourth-order valence-electron chi connectivity index (χ4n) is 4.78. The summed E-state index contributed by atoms with van der Waals surface area (Å²) in [7, 11) is -1.36. The van der Waals surface area contributed by atoms with Crippen molar-refractivity contribution in [2.24, 2.45) is 5.16 Å². The maximum Gasteiger partial charge on any atom is 0.262 e. The van der Waals surface area contributed by atoms with E-state index in [-0.39, 0.29) is 17.7 Å². The summed E-state index contributed by atoms with van der Waals surface area (Å²) >= 11 is 0. The quantitative estimate of drug-likeness (QED) is 0.358. The van der Waals surface area contributed by atoms with Crippen LogP contribution in [0.2, 0.25) is 5.04 Å². The van der Waals surface area contributed by atoms with Crippen molar-refractivity contribution >= 4 is 24.4 Å². The van der Waals surface area contributed by atoms with Crippen LogP contribution in [0.25, 0.3) is 0 Å². The highest BCUT2D eigenvalue weighted by Crippen LogP contribution is 2.40. The highest BCUT2D eigenvalue weighted by atomic mass is 28.4. The largest absolute Gasteiger partial charge is 0.399 e. The molecule has 4 atom stereocenters. The molecule has 6 nitrogen and oxygen atoms in total. The molecule has 0 aliphatic carbocycles. The number of benzene rings is 2. The zero-order valence-electron chi connectivity index (χ0n) is 19.6. The number of ether oxygens (including phenoxy) is 3. The van der Waals surface area contributed by atoms with Crippen LogP contribution in [0.1, 0.15) is 20.8 Å². The lowest BCUT2D eigenvalue weighted by Crippen LogP contribution is -2.70. The van der Waals surface area contributed by atoms with Crippen molar-refractivity contribution < 1.29 is 23.5 Å². The van der Waals surface area contributed by atoms with E-state index in [0.717, 1.165) is 0 Å². The molecule has 4 rings (SSSR count). The van der Waals surface area contributed by atoms with E-state index in [2.05, 4.69) is 80.4 Å². The molecule has 2 heterocycles. The molecule has 0 amide bonds. The third-order valence-corrected chi connectivity index (χ3v) is 11.2. The normalized spacial score (nSPS) is 26.2. The number of hydrogen-bond donors (Lipinski definition) is 0. The molecule has 2 fully saturated rings. The minimum atomic E-state index is -2.88. The molecule has 174 valence electrons. The second kappa shape index (κ2) is 9.80. The van der Waals surface area contributed by atoms with Gasteiger partial charge in [0.05, 0.1) is 6.61 Å². The van der Waals surface area contributed by atoms with Gasteiger partial charge in [0.15, 0.2) is 12.4 Å². The Kier molecular flexibility index (Phi) is 7.03. The second-order valence-electron chi connectivity index (χ2n) is 9.21. The Morgan fingerprint density at radius 1 is 1.03 bits per heavy atom. The van der Waals surface area contributed by atoms with Crippen molar-refractivity contribution in [1.82, 2.24) is 0 Å². The molecule has 0 unspecified atom stereocenters. The minimum absolute atomic E-state index is 0.104. The van der Waals surface area contributed by atoms with E-state index >= 15 is 0 Å². The Morgan fingerprint density at radius 3 is 2.15 bits per heavy atom. The maximum atomic E-state index is 7.31. The van der Waals surface area contributed by atoms with Gasteiger partial charge in [-0.15, -0.1) is 6.42 Å². The first-order chi connectivity index (χ1) is 15.9. The summed E-state index contributed by atoms with van der Waals surface area (Å²) in [6.45, 7) is 7.18. The number of hydrogen-bond acceptors (Lipinski definition) is 6. The molecule has 2 saturated heterocycles. The molecule has 2 aliphatic rings. The molecule has 0 saturated carbocycles. The van der Waals surface area contributed by atoms with Gasteiger partial charge in [0.2, 0.25) is 0 Å². The van der Waals surface area contributed by atoms with Gasteiger partial charge in [-0.1, -0.05) is 92.5 Å². The molecule has 7 heteroatoms. The maximum absolute atomic E-state index is 7.31. The molecular weight excluding hydrogens is 434 g/mol. The predicted octanol–water partition coefficient (Wildman–Crippen LogP) is 2.71. The molecule has 33 heavy (non-hydrogen) atoms. The van der Waals surface area contributed by atoms with Gasteiger partial charge in [0, 0.05) is 0 Å². The monoisotopic (exact) mass is 465 g/mol. The molecule has 2 aromatic carbocycles. The molecule has 0 radical (unpaired) electrons. The average molecular weight is 466 g/mol. The number of nitrogens with zero attached hydrogens (tertiary/aromatic N) is 1. The SMILES string of the molecule is C#CCO[C@H]1/C(=N/OC)[C@H](O[Si](c2ccccc2)(c2ccccc2)C(C)(C)C)[C@H]2CO[C@@H]1O2. The zero-order chi connectivity index (χ0) is 23.5. The van der Waals surface area contributed by atoms with Gasteiger partial charge < -0.3 is 23.5 Å². The van der Waals surface area contributed by atoms with Gasteiger partial charge in [-0.25, -0.2) is 0 Å². The lowest BCUT2D eigenvalue weighted by Gasteiger charge is -2.47. The van der Waals surface area contributed by atoms with Gasteiger partial charge in [0.1, 0.15) is 31.6 Å². The van der Waals surface area contributed by atoms with Crippen molar-refractivity contribution in [2.75, 3.05) is 20.3 Å². The lowest BCUT2D eigenvalue weighted by atomic mass is 10.0. The number of rotatable bonds is 7. The highest BCUT2D eigenvalue weighted by Gasteiger charge is 2.57. The Morgan fingerprint density at radius 2 is 1.64 bits per heavy atom. The summed E-state index contributed by atoms with van der Waals surface area (Å²) in [6.07, 6.45) is 3.42. The van der Waals surface area contributed by atoms with Crippen LogP contribution in [0, 0.1) is 12.3 Å². The molecule has 0 N–H and O–H groups in total. The van der Waals surface area contributed by atoms with Crippen molar-refractivity contribution in [3.8, 4) is 12.3 Å². The first-order valence-corrected chi connectivity index (χ1v) is 13.0. The highest BCUT2D eigenvalue weighted by molar-refractivity contribution is 6.99. The van der Waals surface area contributed by atoms with Crippen LogP contribution in [-0.4, -0.2) is 59.0 Å². The van der Waals surface area contributed by atoms with Crippen LogP contribution in [0.5, 0.6) is 0 Å². The third kappa shape index (κ3) is 4.37. The average Bonchev–Trinajstić information content (AvgIpc) is 3.25. The minimum Gasteiger partial charge on any atom is -0.399 e. The first-order valence-electron chi connectivity index (χ1n) is 11.1. The summed E-state index contributed by atoms with van der Waals surface area (Å²) in [5.41, 5.74) is 0.611. The van der Waals surface area contributed by atoms with Crippen molar-refractivity contribution in [3.05, 3.63) is 60.7 Å². The fourth-order valence-corrected chi connectivity index (χ4v) is 9.45. The van der Waals surface area contributed by atoms with E-state index in [9.17, 15) is 0 Å². The van der Waals surface area contributed by atoms with E-state index in [0.29, 0.717) is 12.3 Å². The van der Waals surface area contributed by atoms with Crippen molar-refractivity contribution in [2.45, 2.75) is 50.4 Å². The first kappa shape index (κ1) is 23.7. The number of oxime groups is 1. The standard InChI is InChI=1S/C26H31NO5Si/c1-6-17-29-24-22(27-28-5)23(21-18-30-25(24)31-21)32-33(26(2,3)4,19-13-9-7-10-14-19)20-15-11-8-12-16-20/h1,7-16,21,23-25H,17-18H2,2-5H3/b27-22+/t21-,23-,24+,25-/m1/s1. The van der Waals surface area contributed by atoms with E-state index in [4.69, 9.17) is 29.9 Å². The van der Waals surface area contributed by atoms with E-state index in [1.54, 1.807) is 0 Å². The van der Waals surface area contributed by atoms with Gasteiger partial charge in [-0.3, -0.25) is 0 Å². The Labute approximate surface area is 197 Å². The van der Waals surface area contributed by atoms with Crippen LogP contribution in [0.3, 0.4) is 0 Å². The van der Waals surface area contributed by atoms with E-state index < -0.39 is 26.8 Å². The van der Waals surface area contributed by atoms with Gasteiger partial charge in [-0.2, -0.15) is 0 Å². The van der Waals surface area contributed by atoms with Crippen LogP contribution in [0.15, 0.2) is 65.8 Å². The topological polar surface area (TPSA) is 58.5 Å².